The van der Waals surface area contributed by atoms with Crippen LogP contribution in [0.25, 0.3) is 6.08 Å². The normalized spacial score (nSPS) is 10.9. The molecule has 0 aliphatic heterocycles. The molecule has 0 heterocycles. The van der Waals surface area contributed by atoms with Gasteiger partial charge in [0.1, 0.15) is 18.2 Å². The quantitative estimate of drug-likeness (QED) is 0.192. The first-order valence-corrected chi connectivity index (χ1v) is 11.6. The van der Waals surface area contributed by atoms with Crippen molar-refractivity contribution in [3.8, 4) is 17.6 Å². The van der Waals surface area contributed by atoms with E-state index < -0.39 is 5.91 Å². The molecular formula is C29H27ClN2O3. The maximum atomic E-state index is 12.7. The van der Waals surface area contributed by atoms with E-state index in [2.05, 4.69) is 11.9 Å². The second-order valence-corrected chi connectivity index (χ2v) is 8.27. The van der Waals surface area contributed by atoms with Gasteiger partial charge in [-0.25, -0.2) is 0 Å². The van der Waals surface area contributed by atoms with E-state index in [1.54, 1.807) is 30.4 Å². The lowest BCUT2D eigenvalue weighted by atomic mass is 10.0. The molecule has 0 spiro atoms. The molecule has 1 amide bonds. The number of carbonyl (C=O) groups excluding carboxylic acids is 1. The number of amides is 1. The number of nitriles is 1. The number of benzene rings is 3. The van der Waals surface area contributed by atoms with Gasteiger partial charge in [0.05, 0.1) is 6.61 Å². The number of nitrogens with zero attached hydrogens (tertiary/aromatic N) is 1. The lowest BCUT2D eigenvalue weighted by molar-refractivity contribution is -0.112. The lowest BCUT2D eigenvalue weighted by Crippen LogP contribution is -2.13. The van der Waals surface area contributed by atoms with Gasteiger partial charge in [0, 0.05) is 16.3 Å². The van der Waals surface area contributed by atoms with E-state index in [9.17, 15) is 10.1 Å². The minimum absolute atomic E-state index is 0.0209. The highest BCUT2D eigenvalue weighted by atomic mass is 35.5. The highest BCUT2D eigenvalue weighted by Crippen LogP contribution is 2.35. The summed E-state index contributed by atoms with van der Waals surface area (Å²) in [5.41, 5.74) is 4.13. The minimum Gasteiger partial charge on any atom is -0.490 e. The van der Waals surface area contributed by atoms with Crippen molar-refractivity contribution in [3.63, 3.8) is 0 Å². The molecular weight excluding hydrogens is 460 g/mol. The van der Waals surface area contributed by atoms with Crippen molar-refractivity contribution in [2.24, 2.45) is 0 Å². The van der Waals surface area contributed by atoms with Gasteiger partial charge in [-0.3, -0.25) is 4.79 Å². The predicted octanol–water partition coefficient (Wildman–Crippen LogP) is 6.90. The first kappa shape index (κ1) is 25.6. The molecule has 0 aliphatic carbocycles. The van der Waals surface area contributed by atoms with Crippen molar-refractivity contribution in [1.29, 1.82) is 5.26 Å². The summed E-state index contributed by atoms with van der Waals surface area (Å²) in [4.78, 5) is 12.7. The second-order valence-electron chi connectivity index (χ2n) is 7.84. The van der Waals surface area contributed by atoms with Crippen molar-refractivity contribution in [3.05, 3.63) is 106 Å². The third-order valence-electron chi connectivity index (χ3n) is 5.10. The van der Waals surface area contributed by atoms with Crippen LogP contribution in [0.15, 0.2) is 78.9 Å². The molecule has 1 N–H and O–H groups in total. The van der Waals surface area contributed by atoms with E-state index >= 15 is 0 Å². The fourth-order valence-electron chi connectivity index (χ4n) is 3.39. The van der Waals surface area contributed by atoms with Gasteiger partial charge in [0.25, 0.3) is 5.91 Å². The zero-order valence-corrected chi connectivity index (χ0v) is 20.6. The Bertz CT molecular complexity index is 1260. The Morgan fingerprint density at radius 1 is 1.11 bits per heavy atom. The zero-order valence-electron chi connectivity index (χ0n) is 19.8. The van der Waals surface area contributed by atoms with Crippen LogP contribution in [0.3, 0.4) is 0 Å². The standard InChI is InChI=1S/C29H27ClN2O3/c1-4-6-23-15-22(16-24(18-31)29(33)32-26-13-7-20(3)8-14-26)17-27(34-5-2)28(23)35-19-21-9-11-25(30)12-10-21/h4,7-17H,1,5-6,19H2,2-3H3,(H,32,33)/b24-16+. The Balaban J connectivity index is 1.91. The first-order valence-electron chi connectivity index (χ1n) is 11.2. The number of hydrogen-bond donors (Lipinski definition) is 1. The summed E-state index contributed by atoms with van der Waals surface area (Å²) < 4.78 is 12.0. The van der Waals surface area contributed by atoms with Crippen LogP contribution in [0, 0.1) is 18.3 Å². The van der Waals surface area contributed by atoms with E-state index in [1.165, 1.54) is 0 Å². The molecule has 35 heavy (non-hydrogen) atoms. The number of ether oxygens (including phenoxy) is 2. The summed E-state index contributed by atoms with van der Waals surface area (Å²) in [5.74, 6) is 0.646. The molecule has 0 fully saturated rings. The number of hydrogen-bond acceptors (Lipinski definition) is 4. The molecule has 3 aromatic carbocycles. The third kappa shape index (κ3) is 7.23. The van der Waals surface area contributed by atoms with Gasteiger partial charge in [-0.1, -0.05) is 47.5 Å². The van der Waals surface area contributed by atoms with Crippen LogP contribution in [0.2, 0.25) is 5.02 Å². The molecule has 3 aromatic rings. The predicted molar refractivity (Wildman–Crippen MR) is 141 cm³/mol. The smallest absolute Gasteiger partial charge is 0.266 e. The molecule has 0 aliphatic rings. The molecule has 0 radical (unpaired) electrons. The average Bonchev–Trinajstić information content (AvgIpc) is 2.85. The van der Waals surface area contributed by atoms with Gasteiger partial charge < -0.3 is 14.8 Å². The molecule has 3 rings (SSSR count). The SMILES string of the molecule is C=CCc1cc(/C=C(\C#N)C(=O)Nc2ccc(C)cc2)cc(OCC)c1OCc1ccc(Cl)cc1. The maximum Gasteiger partial charge on any atom is 0.266 e. The summed E-state index contributed by atoms with van der Waals surface area (Å²) in [7, 11) is 0. The van der Waals surface area contributed by atoms with E-state index in [4.69, 9.17) is 21.1 Å². The van der Waals surface area contributed by atoms with Crippen LogP contribution < -0.4 is 14.8 Å². The number of rotatable bonds is 10. The second kappa shape index (κ2) is 12.5. The fraction of sp³-hybridized carbons (Fsp3) is 0.172. The molecule has 0 atom stereocenters. The van der Waals surface area contributed by atoms with Crippen molar-refractivity contribution < 1.29 is 14.3 Å². The van der Waals surface area contributed by atoms with Gasteiger partial charge in [-0.05, 0) is 73.9 Å². The van der Waals surface area contributed by atoms with Crippen molar-refractivity contribution in [2.75, 3.05) is 11.9 Å². The zero-order chi connectivity index (χ0) is 25.2. The number of carbonyl (C=O) groups is 1. The van der Waals surface area contributed by atoms with E-state index in [0.29, 0.717) is 47.4 Å². The lowest BCUT2D eigenvalue weighted by Gasteiger charge is -2.17. The summed E-state index contributed by atoms with van der Waals surface area (Å²) in [6.07, 6.45) is 3.83. The van der Waals surface area contributed by atoms with Gasteiger partial charge in [-0.2, -0.15) is 5.26 Å². The number of anilines is 1. The molecule has 5 nitrogen and oxygen atoms in total. The molecule has 0 bridgehead atoms. The van der Waals surface area contributed by atoms with Gasteiger partial charge in [0.15, 0.2) is 11.5 Å². The van der Waals surface area contributed by atoms with Crippen LogP contribution in [0.5, 0.6) is 11.5 Å². The Labute approximate surface area is 211 Å². The minimum atomic E-state index is -0.484. The summed E-state index contributed by atoms with van der Waals surface area (Å²) in [6.45, 7) is 8.45. The molecule has 178 valence electrons. The molecule has 0 saturated heterocycles. The molecule has 0 unspecified atom stereocenters. The third-order valence-corrected chi connectivity index (χ3v) is 5.35. The van der Waals surface area contributed by atoms with E-state index in [0.717, 1.165) is 16.7 Å². The van der Waals surface area contributed by atoms with Crippen LogP contribution in [-0.4, -0.2) is 12.5 Å². The van der Waals surface area contributed by atoms with Crippen molar-refractivity contribution >= 4 is 29.3 Å². The molecule has 0 saturated carbocycles. The largest absolute Gasteiger partial charge is 0.490 e. The first-order chi connectivity index (χ1) is 16.9. The van der Waals surface area contributed by atoms with Crippen LogP contribution in [0.1, 0.15) is 29.2 Å². The molecule has 0 aromatic heterocycles. The number of nitrogens with one attached hydrogen (secondary N) is 1. The van der Waals surface area contributed by atoms with Crippen LogP contribution >= 0.6 is 11.6 Å². The monoisotopic (exact) mass is 486 g/mol. The van der Waals surface area contributed by atoms with E-state index in [1.807, 2.05) is 62.4 Å². The highest BCUT2D eigenvalue weighted by Gasteiger charge is 2.15. The van der Waals surface area contributed by atoms with Crippen molar-refractivity contribution in [1.82, 2.24) is 0 Å². The molecule has 6 heteroatoms. The van der Waals surface area contributed by atoms with E-state index in [-0.39, 0.29) is 5.57 Å². The van der Waals surface area contributed by atoms with Crippen molar-refractivity contribution in [2.45, 2.75) is 26.9 Å². The Hall–Kier alpha value is -4.01. The number of aryl methyl sites for hydroxylation is 1. The van der Waals surface area contributed by atoms with Crippen LogP contribution in [-0.2, 0) is 17.8 Å². The maximum absolute atomic E-state index is 12.7. The van der Waals surface area contributed by atoms with Gasteiger partial charge in [0.2, 0.25) is 0 Å². The Kier molecular flexibility index (Phi) is 9.11. The Morgan fingerprint density at radius 2 is 1.83 bits per heavy atom. The Morgan fingerprint density at radius 3 is 2.46 bits per heavy atom. The number of halogens is 1. The summed E-state index contributed by atoms with van der Waals surface area (Å²) >= 11 is 5.98. The van der Waals surface area contributed by atoms with Crippen LogP contribution in [0.4, 0.5) is 5.69 Å². The number of allylic oxidation sites excluding steroid dienone is 1. The van der Waals surface area contributed by atoms with Gasteiger partial charge >= 0.3 is 0 Å². The summed E-state index contributed by atoms with van der Waals surface area (Å²) in [6, 6.07) is 20.4. The topological polar surface area (TPSA) is 71.4 Å². The summed E-state index contributed by atoms with van der Waals surface area (Å²) in [5, 5.41) is 13.1. The average molecular weight is 487 g/mol. The fourth-order valence-corrected chi connectivity index (χ4v) is 3.51. The highest BCUT2D eigenvalue weighted by molar-refractivity contribution is 6.30. The van der Waals surface area contributed by atoms with Gasteiger partial charge in [-0.15, -0.1) is 6.58 Å².